The quantitative estimate of drug-likeness (QED) is 0.320. The molecule has 0 aliphatic carbocycles. The molecule has 0 N–H and O–H groups in total. The van der Waals surface area contributed by atoms with Crippen LogP contribution in [0.5, 0.6) is 0 Å². The van der Waals surface area contributed by atoms with E-state index in [-0.39, 0.29) is 6.42 Å². The highest BCUT2D eigenvalue weighted by Gasteiger charge is 2.33. The minimum absolute atomic E-state index is 0.255. The third-order valence-electron chi connectivity index (χ3n) is 2.77. The fourth-order valence-electron chi connectivity index (χ4n) is 1.38. The van der Waals surface area contributed by atoms with Crippen LogP contribution in [0.1, 0.15) is 25.8 Å². The highest BCUT2D eigenvalue weighted by atomic mass is 19.2. The maximum absolute atomic E-state index is 13.4. The topological polar surface area (TPSA) is 0 Å². The molecule has 0 heterocycles. The van der Waals surface area contributed by atoms with Crippen LogP contribution in [0.15, 0.2) is 0 Å². The van der Waals surface area contributed by atoms with Gasteiger partial charge in [0.1, 0.15) is 7.85 Å². The molecule has 0 aliphatic heterocycles. The number of rotatable bonds is 2. The Kier molecular flexibility index (Phi) is 3.31. The van der Waals surface area contributed by atoms with Gasteiger partial charge >= 0.3 is 0 Å². The van der Waals surface area contributed by atoms with Crippen LogP contribution in [0, 0.1) is 29.1 Å². The summed E-state index contributed by atoms with van der Waals surface area (Å²) in [6.45, 7) is 3.03. The molecule has 88 valence electrons. The number of benzene rings is 1. The number of halogens is 5. The second kappa shape index (κ2) is 4.07. The first-order valence-electron chi connectivity index (χ1n) is 4.76. The predicted octanol–water partition coefficient (Wildman–Crippen LogP) is 2.64. The summed E-state index contributed by atoms with van der Waals surface area (Å²) in [5, 5.41) is -1.11. The Labute approximate surface area is 90.9 Å². The van der Waals surface area contributed by atoms with Gasteiger partial charge in [-0.2, -0.15) is 0 Å². The second-order valence-corrected chi connectivity index (χ2v) is 4.18. The lowest BCUT2D eigenvalue weighted by atomic mass is 9.63. The Morgan fingerprint density at radius 2 is 1.19 bits per heavy atom. The van der Waals surface area contributed by atoms with Gasteiger partial charge in [-0.3, -0.25) is 0 Å². The minimum atomic E-state index is -2.12. The van der Waals surface area contributed by atoms with Crippen LogP contribution in [-0.2, 0) is 5.31 Å². The Hall–Kier alpha value is -1.07. The molecule has 16 heavy (non-hydrogen) atoms. The molecule has 1 aromatic carbocycles. The molecule has 0 aromatic heterocycles. The molecule has 1 aromatic rings. The lowest BCUT2D eigenvalue weighted by Gasteiger charge is -2.24. The van der Waals surface area contributed by atoms with Gasteiger partial charge in [0, 0.05) is 5.56 Å². The molecule has 0 saturated heterocycles. The summed E-state index contributed by atoms with van der Waals surface area (Å²) in [7, 11) is 1.42. The van der Waals surface area contributed by atoms with E-state index in [9.17, 15) is 22.0 Å². The van der Waals surface area contributed by atoms with Crippen molar-refractivity contribution in [1.29, 1.82) is 0 Å². The van der Waals surface area contributed by atoms with E-state index < -0.39 is 40.0 Å². The molecular weight excluding hydrogens is 226 g/mol. The molecule has 0 saturated carbocycles. The average molecular weight is 236 g/mol. The first-order chi connectivity index (χ1) is 7.24. The second-order valence-electron chi connectivity index (χ2n) is 4.18. The van der Waals surface area contributed by atoms with Crippen LogP contribution in [-0.4, -0.2) is 7.85 Å². The van der Waals surface area contributed by atoms with Crippen LogP contribution in [0.2, 0.25) is 0 Å². The summed E-state index contributed by atoms with van der Waals surface area (Å²) >= 11 is 0. The van der Waals surface area contributed by atoms with Crippen molar-refractivity contribution >= 4 is 7.85 Å². The normalized spacial score (nSPS) is 14.9. The van der Waals surface area contributed by atoms with Gasteiger partial charge in [0.05, 0.1) is 0 Å². The lowest BCUT2D eigenvalue weighted by molar-refractivity contribution is 0.359. The van der Waals surface area contributed by atoms with Crippen molar-refractivity contribution in [3.8, 4) is 0 Å². The zero-order valence-electron chi connectivity index (χ0n) is 9.10. The Bertz CT molecular complexity index is 399. The van der Waals surface area contributed by atoms with Gasteiger partial charge in [-0.25, -0.2) is 22.0 Å². The third-order valence-corrected chi connectivity index (χ3v) is 2.77. The largest absolute Gasteiger partial charge is 0.203 e. The predicted molar refractivity (Wildman–Crippen MR) is 52.4 cm³/mol. The molecule has 1 rings (SSSR count). The first kappa shape index (κ1) is 13.0. The molecule has 0 spiro atoms. The molecule has 1 atom stereocenters. The fourth-order valence-corrected chi connectivity index (χ4v) is 1.38. The number of hydrogen-bond acceptors (Lipinski definition) is 0. The summed E-state index contributed by atoms with van der Waals surface area (Å²) in [6.07, 6.45) is 0.255. The van der Waals surface area contributed by atoms with Crippen molar-refractivity contribution in [2.24, 2.45) is 0 Å². The third kappa shape index (κ3) is 1.81. The summed E-state index contributed by atoms with van der Waals surface area (Å²) in [6, 6.07) is 0. The van der Waals surface area contributed by atoms with Gasteiger partial charge in [0.15, 0.2) is 23.3 Å². The van der Waals surface area contributed by atoms with E-state index >= 15 is 0 Å². The molecule has 0 amide bonds. The maximum Gasteiger partial charge on any atom is 0.200 e. The zero-order chi connectivity index (χ0) is 12.7. The van der Waals surface area contributed by atoms with Crippen molar-refractivity contribution in [3.05, 3.63) is 34.6 Å². The average Bonchev–Trinajstić information content (AvgIpc) is 2.23. The Morgan fingerprint density at radius 1 is 0.875 bits per heavy atom. The van der Waals surface area contributed by atoms with Gasteiger partial charge in [0.2, 0.25) is 5.82 Å². The van der Waals surface area contributed by atoms with Gasteiger partial charge < -0.3 is 0 Å². The van der Waals surface area contributed by atoms with Gasteiger partial charge in [-0.15, -0.1) is 0 Å². The molecule has 0 nitrogen and oxygen atoms in total. The van der Waals surface area contributed by atoms with E-state index in [1.807, 2.05) is 0 Å². The van der Waals surface area contributed by atoms with Crippen LogP contribution >= 0.6 is 0 Å². The first-order valence-corrected chi connectivity index (χ1v) is 4.76. The molecule has 0 bridgehead atoms. The van der Waals surface area contributed by atoms with Crippen molar-refractivity contribution in [2.75, 3.05) is 0 Å². The van der Waals surface area contributed by atoms with Gasteiger partial charge in [0.25, 0.3) is 0 Å². The summed E-state index contributed by atoms with van der Waals surface area (Å²) in [4.78, 5) is 0. The standard InChI is InChI=1S/C10H10BF5/c1-3-10(2,11)4-5(12)7(14)9(16)8(15)6(4)13/h3,11H2,1-2H3/t10-/m1/s1. The smallest absolute Gasteiger partial charge is 0.200 e. The van der Waals surface area contributed by atoms with E-state index in [1.54, 1.807) is 6.92 Å². The van der Waals surface area contributed by atoms with Crippen LogP contribution in [0.4, 0.5) is 22.0 Å². The highest BCUT2D eigenvalue weighted by Crippen LogP contribution is 2.32. The van der Waals surface area contributed by atoms with Crippen molar-refractivity contribution < 1.29 is 22.0 Å². The molecule has 0 radical (unpaired) electrons. The lowest BCUT2D eigenvalue weighted by Crippen LogP contribution is -2.26. The van der Waals surface area contributed by atoms with E-state index in [0.717, 1.165) is 0 Å². The number of hydrogen-bond donors (Lipinski definition) is 0. The van der Waals surface area contributed by atoms with Gasteiger partial charge in [-0.05, 0) is 5.31 Å². The van der Waals surface area contributed by atoms with Crippen LogP contribution < -0.4 is 0 Å². The maximum atomic E-state index is 13.4. The van der Waals surface area contributed by atoms with Crippen LogP contribution in [0.3, 0.4) is 0 Å². The van der Waals surface area contributed by atoms with Crippen molar-refractivity contribution in [3.63, 3.8) is 0 Å². The highest BCUT2D eigenvalue weighted by molar-refractivity contribution is 6.15. The molecule has 0 unspecified atom stereocenters. The van der Waals surface area contributed by atoms with E-state index in [2.05, 4.69) is 0 Å². The SMILES string of the molecule is B[C@](C)(CC)c1c(F)c(F)c(F)c(F)c1F. The minimum Gasteiger partial charge on any atom is -0.203 e. The molecule has 6 heteroatoms. The monoisotopic (exact) mass is 236 g/mol. The van der Waals surface area contributed by atoms with E-state index in [1.165, 1.54) is 14.8 Å². The van der Waals surface area contributed by atoms with E-state index in [0.29, 0.717) is 0 Å². The van der Waals surface area contributed by atoms with E-state index in [4.69, 9.17) is 0 Å². The Morgan fingerprint density at radius 3 is 1.50 bits per heavy atom. The molecular formula is C10H10BF5. The molecule has 0 fully saturated rings. The van der Waals surface area contributed by atoms with Gasteiger partial charge in [-0.1, -0.05) is 20.3 Å². The molecule has 0 aliphatic rings. The Balaban J connectivity index is 3.65. The summed E-state index contributed by atoms with van der Waals surface area (Å²) < 4.78 is 65.3. The summed E-state index contributed by atoms with van der Waals surface area (Å²) in [5.41, 5.74) is -0.758. The fraction of sp³-hybridized carbons (Fsp3) is 0.400. The van der Waals surface area contributed by atoms with Crippen molar-refractivity contribution in [2.45, 2.75) is 25.6 Å². The summed E-state index contributed by atoms with van der Waals surface area (Å²) in [5.74, 6) is -9.40. The zero-order valence-corrected chi connectivity index (χ0v) is 9.10. The van der Waals surface area contributed by atoms with Crippen LogP contribution in [0.25, 0.3) is 0 Å². The van der Waals surface area contributed by atoms with Crippen molar-refractivity contribution in [1.82, 2.24) is 0 Å².